The Hall–Kier alpha value is -3.01. The molecule has 0 aliphatic rings. The number of aromatic nitrogens is 1. The lowest BCUT2D eigenvalue weighted by Gasteiger charge is -2.23. The second-order valence-electron chi connectivity index (χ2n) is 8.95. The molecule has 0 bridgehead atoms. The van der Waals surface area contributed by atoms with E-state index in [-0.39, 0.29) is 18.4 Å². The van der Waals surface area contributed by atoms with Gasteiger partial charge in [0, 0.05) is 20.1 Å². The predicted molar refractivity (Wildman–Crippen MR) is 139 cm³/mol. The van der Waals surface area contributed by atoms with E-state index in [2.05, 4.69) is 20.9 Å². The van der Waals surface area contributed by atoms with Crippen LogP contribution in [0.25, 0.3) is 10.4 Å². The highest BCUT2D eigenvalue weighted by Gasteiger charge is 2.21. The summed E-state index contributed by atoms with van der Waals surface area (Å²) in [5.41, 5.74) is 4.71. The quantitative estimate of drug-likeness (QED) is 0.196. The highest BCUT2D eigenvalue weighted by atomic mass is 32.1. The smallest absolute Gasteiger partial charge is 0.407 e. The van der Waals surface area contributed by atoms with Crippen LogP contribution in [0.2, 0.25) is 0 Å². The van der Waals surface area contributed by atoms with Crippen LogP contribution in [0.15, 0.2) is 35.1 Å². The third-order valence-electron chi connectivity index (χ3n) is 5.50. The largest absolute Gasteiger partial charge is 0.449 e. The van der Waals surface area contributed by atoms with Crippen molar-refractivity contribution in [3.63, 3.8) is 0 Å². The maximum Gasteiger partial charge on any atom is 0.407 e. The molecule has 0 fully saturated rings. The van der Waals surface area contributed by atoms with Crippen molar-refractivity contribution in [3.8, 4) is 10.4 Å². The maximum absolute atomic E-state index is 12.5. The van der Waals surface area contributed by atoms with Crippen LogP contribution < -0.4 is 10.6 Å². The molecule has 1 aromatic carbocycles. The third kappa shape index (κ3) is 10.0. The van der Waals surface area contributed by atoms with Gasteiger partial charge >= 0.3 is 6.09 Å². The summed E-state index contributed by atoms with van der Waals surface area (Å²) in [4.78, 5) is 40.6. The van der Waals surface area contributed by atoms with Crippen molar-refractivity contribution in [2.75, 3.05) is 26.7 Å². The Bertz CT molecular complexity index is 932. The normalized spacial score (nSPS) is 11.7. The maximum atomic E-state index is 12.5. The van der Waals surface area contributed by atoms with Crippen LogP contribution in [-0.4, -0.2) is 48.7 Å². The van der Waals surface area contributed by atoms with Gasteiger partial charge in [-0.05, 0) is 36.8 Å². The fraction of sp³-hybridized carbons (Fsp3) is 0.560. The molecule has 2 N–H and O–H groups in total. The number of thiazole rings is 1. The summed E-state index contributed by atoms with van der Waals surface area (Å²) in [6.07, 6.45) is 3.37. The molecule has 2 amide bonds. The number of ether oxygens (including phenoxy) is 1. The first-order valence-electron chi connectivity index (χ1n) is 12.1. The van der Waals surface area contributed by atoms with Crippen molar-refractivity contribution in [3.05, 3.63) is 45.9 Å². The van der Waals surface area contributed by atoms with Gasteiger partial charge in [0.15, 0.2) is 0 Å². The molecule has 1 atom stereocenters. The van der Waals surface area contributed by atoms with Crippen LogP contribution in [0, 0.1) is 17.7 Å². The molecule has 1 heterocycles. The Morgan fingerprint density at radius 1 is 1.09 bits per heavy atom. The number of alkyl carbamates (subject to hydrolysis) is 1. The topological polar surface area (TPSA) is 113 Å². The zero-order chi connectivity index (χ0) is 25.6. The highest BCUT2D eigenvalue weighted by Crippen LogP contribution is 2.30. The zero-order valence-corrected chi connectivity index (χ0v) is 21.9. The number of carbonyl (C=O) groups is 2. The number of carbonyl (C=O) groups excluding carboxylic acids is 2. The standard InChI is InChI=1S/C25H37N5O4S/c1-18(2)16-34-25(32)27-14-8-6-5-7-13-26-23(31)15-22(30(4)29-33)20-9-11-21(12-10-20)24-19(3)28-17-35-24/h9-12,17-18,22H,5-8,13-16H2,1-4H3,(H,26,31)(H,27,32). The average Bonchev–Trinajstić information content (AvgIpc) is 3.28. The van der Waals surface area contributed by atoms with E-state index in [0.717, 1.165) is 47.4 Å². The van der Waals surface area contributed by atoms with E-state index >= 15 is 0 Å². The third-order valence-corrected chi connectivity index (χ3v) is 6.48. The van der Waals surface area contributed by atoms with Gasteiger partial charge in [-0.1, -0.05) is 51.0 Å². The molecule has 1 aromatic heterocycles. The van der Waals surface area contributed by atoms with Crippen molar-refractivity contribution in [1.29, 1.82) is 0 Å². The lowest BCUT2D eigenvalue weighted by molar-refractivity contribution is -0.122. The Morgan fingerprint density at radius 2 is 1.74 bits per heavy atom. The van der Waals surface area contributed by atoms with Gasteiger partial charge in [-0.3, -0.25) is 9.80 Å². The van der Waals surface area contributed by atoms with Gasteiger partial charge in [-0.25, -0.2) is 9.78 Å². The molecule has 0 aliphatic carbocycles. The van der Waals surface area contributed by atoms with Gasteiger partial charge in [-0.2, -0.15) is 0 Å². The summed E-state index contributed by atoms with van der Waals surface area (Å²) in [7, 11) is 1.58. The summed E-state index contributed by atoms with van der Waals surface area (Å²) in [6, 6.07) is 7.39. The summed E-state index contributed by atoms with van der Waals surface area (Å²) < 4.78 is 5.06. The molecular weight excluding hydrogens is 466 g/mol. The number of hydrogen-bond acceptors (Lipinski definition) is 7. The molecule has 35 heavy (non-hydrogen) atoms. The first kappa shape index (κ1) is 28.2. The van der Waals surface area contributed by atoms with E-state index in [1.165, 1.54) is 5.01 Å². The molecule has 0 spiro atoms. The highest BCUT2D eigenvalue weighted by molar-refractivity contribution is 7.13. The van der Waals surface area contributed by atoms with Crippen molar-refractivity contribution in [1.82, 2.24) is 20.6 Å². The van der Waals surface area contributed by atoms with Crippen molar-refractivity contribution >= 4 is 23.3 Å². The van der Waals surface area contributed by atoms with E-state index in [1.54, 1.807) is 18.4 Å². The molecule has 2 aromatic rings. The number of hydrogen-bond donors (Lipinski definition) is 2. The van der Waals surface area contributed by atoms with Crippen LogP contribution in [0.5, 0.6) is 0 Å². The number of nitrogens with one attached hydrogen (secondary N) is 2. The molecule has 10 heteroatoms. The van der Waals surface area contributed by atoms with E-state index < -0.39 is 6.04 Å². The van der Waals surface area contributed by atoms with Crippen LogP contribution in [-0.2, 0) is 9.53 Å². The molecular formula is C25H37N5O4S. The molecule has 0 radical (unpaired) electrons. The zero-order valence-electron chi connectivity index (χ0n) is 21.1. The number of amides is 2. The van der Waals surface area contributed by atoms with Crippen LogP contribution in [0.4, 0.5) is 4.79 Å². The van der Waals surface area contributed by atoms with Gasteiger partial charge in [-0.15, -0.1) is 16.2 Å². The number of benzene rings is 1. The number of unbranched alkanes of at least 4 members (excludes halogenated alkanes) is 3. The Labute approximate surface area is 211 Å². The minimum atomic E-state index is -0.439. The second-order valence-corrected chi connectivity index (χ2v) is 9.80. The van der Waals surface area contributed by atoms with Gasteiger partial charge in [0.1, 0.15) is 0 Å². The molecule has 0 aliphatic heterocycles. The van der Waals surface area contributed by atoms with Crippen molar-refractivity contribution in [2.24, 2.45) is 11.2 Å². The molecule has 9 nitrogen and oxygen atoms in total. The Morgan fingerprint density at radius 3 is 2.31 bits per heavy atom. The summed E-state index contributed by atoms with van der Waals surface area (Å²) >= 11 is 1.58. The van der Waals surface area contributed by atoms with Gasteiger partial charge < -0.3 is 15.4 Å². The molecule has 0 saturated heterocycles. The molecule has 2 rings (SSSR count). The number of rotatable bonds is 15. The van der Waals surface area contributed by atoms with Gasteiger partial charge in [0.25, 0.3) is 0 Å². The summed E-state index contributed by atoms with van der Waals surface area (Å²) in [5.74, 6) is 0.197. The first-order valence-corrected chi connectivity index (χ1v) is 12.9. The molecule has 1 unspecified atom stereocenters. The number of nitroso groups, excluding NO2 is 1. The van der Waals surface area contributed by atoms with Crippen LogP contribution in [0.3, 0.4) is 0 Å². The lowest BCUT2D eigenvalue weighted by Crippen LogP contribution is -2.30. The van der Waals surface area contributed by atoms with Crippen molar-refractivity contribution in [2.45, 2.75) is 58.9 Å². The average molecular weight is 504 g/mol. The first-order chi connectivity index (χ1) is 16.8. The number of aryl methyl sites for hydroxylation is 1. The second kappa shape index (κ2) is 15.1. The Kier molecular flexibility index (Phi) is 12.2. The van der Waals surface area contributed by atoms with Crippen LogP contribution >= 0.6 is 11.3 Å². The Balaban J connectivity index is 1.70. The fourth-order valence-electron chi connectivity index (χ4n) is 3.52. The van der Waals surface area contributed by atoms with E-state index in [9.17, 15) is 14.5 Å². The van der Waals surface area contributed by atoms with Crippen LogP contribution in [0.1, 0.15) is 63.3 Å². The predicted octanol–water partition coefficient (Wildman–Crippen LogP) is 5.22. The molecule has 0 saturated carbocycles. The van der Waals surface area contributed by atoms with Gasteiger partial charge in [0.2, 0.25) is 5.91 Å². The number of nitrogens with zero attached hydrogens (tertiary/aromatic N) is 3. The summed E-state index contributed by atoms with van der Waals surface area (Å²) in [5, 5.41) is 9.99. The van der Waals surface area contributed by atoms with Gasteiger partial charge in [0.05, 0.1) is 40.4 Å². The van der Waals surface area contributed by atoms with E-state index in [4.69, 9.17) is 4.74 Å². The van der Waals surface area contributed by atoms with E-state index in [0.29, 0.717) is 25.6 Å². The lowest BCUT2D eigenvalue weighted by atomic mass is 10.0. The molecule has 192 valence electrons. The van der Waals surface area contributed by atoms with Crippen molar-refractivity contribution < 1.29 is 14.3 Å². The monoisotopic (exact) mass is 503 g/mol. The SMILES string of the molecule is Cc1ncsc1-c1ccc(C(CC(=O)NCCCCCCNC(=O)OCC(C)C)N(C)N=O)cc1. The minimum absolute atomic E-state index is 0.123. The summed E-state index contributed by atoms with van der Waals surface area (Å²) in [6.45, 7) is 7.52. The van der Waals surface area contributed by atoms with E-state index in [1.807, 2.05) is 50.5 Å². The minimum Gasteiger partial charge on any atom is -0.449 e. The fourth-order valence-corrected chi connectivity index (χ4v) is 4.33.